The Balaban J connectivity index is 1.30. The van der Waals surface area contributed by atoms with Gasteiger partial charge < -0.3 is 20.4 Å². The van der Waals surface area contributed by atoms with Crippen molar-refractivity contribution in [1.82, 2.24) is 30.2 Å². The number of nitrogens with two attached hydrogens (primary N) is 1. The summed E-state index contributed by atoms with van der Waals surface area (Å²) in [7, 11) is 0. The van der Waals surface area contributed by atoms with Gasteiger partial charge in [0.05, 0.1) is 12.4 Å². The molecule has 1 aliphatic carbocycles. The third-order valence-electron chi connectivity index (χ3n) is 5.18. The molecule has 0 unspecified atom stereocenters. The third kappa shape index (κ3) is 3.26. The van der Waals surface area contributed by atoms with Crippen LogP contribution in [0.15, 0.2) is 23.0 Å². The standard InChI is InChI=1S/C16H21N7O3/c17-15-18-8-12(26-15)14(25)22-4-1-2-16(10-22)6-11(7-16)20-13(24)9-23-5-3-19-21-23/h3,5,8,11H,1-2,4,6-7,9-10H2,(H2,17,18)(H,20,24). The number of carbonyl (C=O) groups is 2. The van der Waals surface area contributed by atoms with Crippen LogP contribution in [0.25, 0.3) is 0 Å². The van der Waals surface area contributed by atoms with Gasteiger partial charge in [-0.25, -0.2) is 9.67 Å². The summed E-state index contributed by atoms with van der Waals surface area (Å²) >= 11 is 0. The summed E-state index contributed by atoms with van der Waals surface area (Å²) in [6.07, 6.45) is 8.31. The van der Waals surface area contributed by atoms with Crippen molar-refractivity contribution in [3.05, 3.63) is 24.4 Å². The Bertz CT molecular complexity index is 795. The van der Waals surface area contributed by atoms with Crippen LogP contribution in [-0.2, 0) is 11.3 Å². The highest BCUT2D eigenvalue weighted by molar-refractivity contribution is 5.91. The minimum atomic E-state index is -0.174. The summed E-state index contributed by atoms with van der Waals surface area (Å²) in [4.78, 5) is 30.2. The van der Waals surface area contributed by atoms with Crippen LogP contribution in [-0.4, -0.2) is 55.8 Å². The summed E-state index contributed by atoms with van der Waals surface area (Å²) in [5.74, 6) is -0.0697. The molecule has 10 nitrogen and oxygen atoms in total. The maximum absolute atomic E-state index is 12.5. The molecule has 3 N–H and O–H groups in total. The Morgan fingerprint density at radius 2 is 2.27 bits per heavy atom. The van der Waals surface area contributed by atoms with E-state index >= 15 is 0 Å². The highest BCUT2D eigenvalue weighted by Crippen LogP contribution is 2.47. The lowest BCUT2D eigenvalue weighted by atomic mass is 9.61. The Labute approximate surface area is 149 Å². The zero-order valence-corrected chi connectivity index (χ0v) is 14.3. The molecule has 2 aliphatic rings. The monoisotopic (exact) mass is 359 g/mol. The SMILES string of the molecule is Nc1ncc(C(=O)N2CCCC3(CC(NC(=O)Cn4ccnn4)C3)C2)o1. The summed E-state index contributed by atoms with van der Waals surface area (Å²) < 4.78 is 6.64. The van der Waals surface area contributed by atoms with Crippen LogP contribution in [0.5, 0.6) is 0 Å². The fourth-order valence-electron chi connectivity index (χ4n) is 4.08. The summed E-state index contributed by atoms with van der Waals surface area (Å²) in [5.41, 5.74) is 5.52. The van der Waals surface area contributed by atoms with E-state index < -0.39 is 0 Å². The molecule has 1 saturated carbocycles. The van der Waals surface area contributed by atoms with E-state index in [0.717, 1.165) is 25.7 Å². The highest BCUT2D eigenvalue weighted by Gasteiger charge is 2.48. The van der Waals surface area contributed by atoms with Gasteiger partial charge in [-0.15, -0.1) is 5.10 Å². The minimum absolute atomic E-state index is 0.00104. The van der Waals surface area contributed by atoms with Gasteiger partial charge in [0.25, 0.3) is 11.9 Å². The number of nitrogens with one attached hydrogen (secondary N) is 1. The predicted molar refractivity (Wildman–Crippen MR) is 89.7 cm³/mol. The average molecular weight is 359 g/mol. The Morgan fingerprint density at radius 1 is 1.42 bits per heavy atom. The van der Waals surface area contributed by atoms with Crippen molar-refractivity contribution in [2.75, 3.05) is 18.8 Å². The second-order valence-corrected chi connectivity index (χ2v) is 7.17. The lowest BCUT2D eigenvalue weighted by molar-refractivity contribution is -0.124. The molecule has 4 rings (SSSR count). The number of nitrogens with zero attached hydrogens (tertiary/aromatic N) is 5. The quantitative estimate of drug-likeness (QED) is 0.788. The molecule has 2 amide bonds. The van der Waals surface area contributed by atoms with E-state index in [9.17, 15) is 9.59 Å². The van der Waals surface area contributed by atoms with Gasteiger partial charge in [-0.3, -0.25) is 9.59 Å². The van der Waals surface area contributed by atoms with E-state index in [2.05, 4.69) is 20.6 Å². The number of piperidine rings is 1. The van der Waals surface area contributed by atoms with Crippen LogP contribution < -0.4 is 11.1 Å². The molecule has 0 atom stereocenters. The number of amides is 2. The number of likely N-dealkylation sites (tertiary alicyclic amines) is 1. The summed E-state index contributed by atoms with van der Waals surface area (Å²) in [6.45, 7) is 1.54. The van der Waals surface area contributed by atoms with Gasteiger partial charge in [-0.05, 0) is 31.1 Å². The highest BCUT2D eigenvalue weighted by atomic mass is 16.4. The number of hydrogen-bond acceptors (Lipinski definition) is 7. The van der Waals surface area contributed by atoms with Crippen molar-refractivity contribution < 1.29 is 14.0 Å². The van der Waals surface area contributed by atoms with Crippen molar-refractivity contribution in [3.8, 4) is 0 Å². The Morgan fingerprint density at radius 3 is 2.96 bits per heavy atom. The third-order valence-corrected chi connectivity index (χ3v) is 5.18. The minimum Gasteiger partial charge on any atom is -0.418 e. The van der Waals surface area contributed by atoms with E-state index in [1.807, 2.05) is 0 Å². The van der Waals surface area contributed by atoms with E-state index in [4.69, 9.17) is 10.2 Å². The number of rotatable bonds is 4. The van der Waals surface area contributed by atoms with Crippen LogP contribution in [0.2, 0.25) is 0 Å². The van der Waals surface area contributed by atoms with Crippen LogP contribution in [0.4, 0.5) is 6.01 Å². The molecule has 138 valence electrons. The molecule has 0 radical (unpaired) electrons. The summed E-state index contributed by atoms with van der Waals surface area (Å²) in [5, 5.41) is 10.5. The maximum Gasteiger partial charge on any atom is 0.292 e. The van der Waals surface area contributed by atoms with E-state index in [1.54, 1.807) is 17.3 Å². The molecule has 10 heteroatoms. The summed E-state index contributed by atoms with van der Waals surface area (Å²) in [6, 6.07) is 0.140. The van der Waals surface area contributed by atoms with Gasteiger partial charge in [0, 0.05) is 25.3 Å². The number of hydrogen-bond donors (Lipinski definition) is 2. The first-order valence-corrected chi connectivity index (χ1v) is 8.67. The van der Waals surface area contributed by atoms with Crippen LogP contribution >= 0.6 is 0 Å². The molecule has 1 spiro atoms. The predicted octanol–water partition coefficient (Wildman–Crippen LogP) is 0.0495. The molecule has 1 aliphatic heterocycles. The largest absolute Gasteiger partial charge is 0.418 e. The first kappa shape index (κ1) is 16.6. The number of oxazole rings is 1. The Hall–Kier alpha value is -2.91. The van der Waals surface area contributed by atoms with Crippen molar-refractivity contribution in [3.63, 3.8) is 0 Å². The molecule has 26 heavy (non-hydrogen) atoms. The fourth-order valence-corrected chi connectivity index (χ4v) is 4.08. The van der Waals surface area contributed by atoms with Crippen LogP contribution in [0.1, 0.15) is 36.2 Å². The van der Waals surface area contributed by atoms with Crippen molar-refractivity contribution in [2.24, 2.45) is 5.41 Å². The number of carbonyl (C=O) groups excluding carboxylic acids is 2. The first-order valence-electron chi connectivity index (χ1n) is 8.67. The first-order chi connectivity index (χ1) is 12.5. The van der Waals surface area contributed by atoms with Gasteiger partial charge >= 0.3 is 0 Å². The second kappa shape index (κ2) is 6.43. The molecule has 1 saturated heterocycles. The van der Waals surface area contributed by atoms with Gasteiger partial charge in [0.15, 0.2) is 0 Å². The molecule has 0 aromatic carbocycles. The number of nitrogen functional groups attached to an aromatic ring is 1. The van der Waals surface area contributed by atoms with E-state index in [-0.39, 0.29) is 41.6 Å². The van der Waals surface area contributed by atoms with E-state index in [1.165, 1.54) is 10.9 Å². The number of aromatic nitrogens is 4. The molecule has 2 aromatic rings. The molecular formula is C16H21N7O3. The fraction of sp³-hybridized carbons (Fsp3) is 0.562. The zero-order chi connectivity index (χ0) is 18.1. The van der Waals surface area contributed by atoms with Crippen molar-refractivity contribution in [2.45, 2.75) is 38.3 Å². The average Bonchev–Trinajstić information content (AvgIpc) is 3.24. The van der Waals surface area contributed by atoms with Crippen LogP contribution in [0.3, 0.4) is 0 Å². The molecule has 2 fully saturated rings. The van der Waals surface area contributed by atoms with Gasteiger partial charge in [-0.2, -0.15) is 0 Å². The molecule has 2 aromatic heterocycles. The Kier molecular flexibility index (Phi) is 4.09. The van der Waals surface area contributed by atoms with E-state index in [0.29, 0.717) is 13.1 Å². The maximum atomic E-state index is 12.5. The van der Waals surface area contributed by atoms with Gasteiger partial charge in [-0.1, -0.05) is 5.21 Å². The van der Waals surface area contributed by atoms with Crippen molar-refractivity contribution >= 4 is 17.8 Å². The van der Waals surface area contributed by atoms with Crippen LogP contribution in [0, 0.1) is 5.41 Å². The van der Waals surface area contributed by atoms with Gasteiger partial charge in [0.1, 0.15) is 6.54 Å². The lowest BCUT2D eigenvalue weighted by Crippen LogP contribution is -2.58. The van der Waals surface area contributed by atoms with Crippen molar-refractivity contribution in [1.29, 1.82) is 0 Å². The molecule has 3 heterocycles. The second-order valence-electron chi connectivity index (χ2n) is 7.17. The topological polar surface area (TPSA) is 132 Å². The van der Waals surface area contributed by atoms with Gasteiger partial charge in [0.2, 0.25) is 11.7 Å². The number of anilines is 1. The zero-order valence-electron chi connectivity index (χ0n) is 14.3. The normalized spacial score (nSPS) is 25.1. The molecular weight excluding hydrogens is 338 g/mol. The lowest BCUT2D eigenvalue weighted by Gasteiger charge is -2.52. The molecule has 0 bridgehead atoms. The smallest absolute Gasteiger partial charge is 0.292 e.